The van der Waals surface area contributed by atoms with Gasteiger partial charge in [0.2, 0.25) is 0 Å². The molecule has 0 atom stereocenters. The van der Waals surface area contributed by atoms with E-state index in [4.69, 9.17) is 28.2 Å². The number of hydrogen-bond donors (Lipinski definition) is 2. The van der Waals surface area contributed by atoms with Gasteiger partial charge in [0.25, 0.3) is 11.8 Å². The van der Waals surface area contributed by atoms with Crippen molar-refractivity contribution >= 4 is 58.5 Å². The SMILES string of the molecule is O=C1NC(=S)N(c2ccccc2F)C(=O)/C1=C\c1ccc(-c2ccc(Cl)c(C(=O)O)c2)o1. The fraction of sp³-hybridized carbons (Fsp3) is 0. The minimum absolute atomic E-state index is 0.0730. The summed E-state index contributed by atoms with van der Waals surface area (Å²) >= 11 is 10.9. The predicted octanol–water partition coefficient (Wildman–Crippen LogP) is 4.27. The van der Waals surface area contributed by atoms with Crippen LogP contribution in [0.25, 0.3) is 17.4 Å². The molecule has 32 heavy (non-hydrogen) atoms. The molecular formula is C22H12ClFN2O5S. The number of hydrogen-bond acceptors (Lipinski definition) is 5. The molecule has 2 aromatic carbocycles. The van der Waals surface area contributed by atoms with E-state index in [2.05, 4.69) is 5.32 Å². The molecule has 0 saturated carbocycles. The number of benzene rings is 2. The Balaban J connectivity index is 1.69. The van der Waals surface area contributed by atoms with Crippen molar-refractivity contribution in [1.82, 2.24) is 5.32 Å². The highest BCUT2D eigenvalue weighted by Crippen LogP contribution is 2.29. The van der Waals surface area contributed by atoms with Crippen molar-refractivity contribution in [2.24, 2.45) is 0 Å². The van der Waals surface area contributed by atoms with Crippen LogP contribution in [0.4, 0.5) is 10.1 Å². The Kier molecular flexibility index (Phi) is 5.60. The van der Waals surface area contributed by atoms with Gasteiger partial charge in [-0.3, -0.25) is 14.9 Å². The summed E-state index contributed by atoms with van der Waals surface area (Å²) < 4.78 is 19.9. The second kappa shape index (κ2) is 8.37. The molecule has 160 valence electrons. The van der Waals surface area contributed by atoms with Gasteiger partial charge in [-0.2, -0.15) is 0 Å². The number of carboxylic acids is 1. The summed E-state index contributed by atoms with van der Waals surface area (Å²) in [6, 6.07) is 12.9. The average Bonchev–Trinajstić information content (AvgIpc) is 3.21. The lowest BCUT2D eigenvalue weighted by molar-refractivity contribution is -0.122. The third-order valence-corrected chi connectivity index (χ3v) is 5.20. The number of nitrogens with one attached hydrogen (secondary N) is 1. The van der Waals surface area contributed by atoms with Crippen LogP contribution in [0.5, 0.6) is 0 Å². The van der Waals surface area contributed by atoms with Gasteiger partial charge in [0.15, 0.2) is 5.11 Å². The maximum Gasteiger partial charge on any atom is 0.337 e. The zero-order valence-electron chi connectivity index (χ0n) is 16.0. The Morgan fingerprint density at radius 1 is 1.16 bits per heavy atom. The normalized spacial score (nSPS) is 15.2. The zero-order valence-corrected chi connectivity index (χ0v) is 17.5. The summed E-state index contributed by atoms with van der Waals surface area (Å²) in [6.07, 6.45) is 1.20. The number of carbonyl (C=O) groups excluding carboxylic acids is 2. The molecule has 1 aromatic heterocycles. The highest BCUT2D eigenvalue weighted by Gasteiger charge is 2.35. The first-order chi connectivity index (χ1) is 15.3. The average molecular weight is 471 g/mol. The number of anilines is 1. The molecule has 1 saturated heterocycles. The molecule has 0 spiro atoms. The molecule has 2 N–H and O–H groups in total. The van der Waals surface area contributed by atoms with Crippen LogP contribution in [0, 0.1) is 5.82 Å². The third kappa shape index (κ3) is 3.91. The summed E-state index contributed by atoms with van der Waals surface area (Å²) in [6.45, 7) is 0. The quantitative estimate of drug-likeness (QED) is 0.335. The summed E-state index contributed by atoms with van der Waals surface area (Å²) in [4.78, 5) is 37.5. The van der Waals surface area contributed by atoms with Gasteiger partial charge in [0.1, 0.15) is 22.9 Å². The summed E-state index contributed by atoms with van der Waals surface area (Å²) in [5, 5.41) is 11.4. The number of nitrogens with zero attached hydrogens (tertiary/aromatic N) is 1. The second-order valence-electron chi connectivity index (χ2n) is 6.61. The predicted molar refractivity (Wildman–Crippen MR) is 119 cm³/mol. The van der Waals surface area contributed by atoms with Gasteiger partial charge in [-0.15, -0.1) is 0 Å². The summed E-state index contributed by atoms with van der Waals surface area (Å²) in [7, 11) is 0. The number of halogens is 2. The van der Waals surface area contributed by atoms with Crippen LogP contribution in [0.1, 0.15) is 16.1 Å². The van der Waals surface area contributed by atoms with Gasteiger partial charge in [-0.05, 0) is 60.8 Å². The number of para-hydroxylation sites is 1. The molecule has 1 aliphatic rings. The molecular weight excluding hydrogens is 459 g/mol. The number of amides is 2. The van der Waals surface area contributed by atoms with Gasteiger partial charge in [-0.25, -0.2) is 14.1 Å². The van der Waals surface area contributed by atoms with E-state index >= 15 is 0 Å². The maximum atomic E-state index is 14.2. The molecule has 3 aromatic rings. The van der Waals surface area contributed by atoms with Crippen LogP contribution in [0.2, 0.25) is 5.02 Å². The van der Waals surface area contributed by atoms with E-state index in [1.54, 1.807) is 12.1 Å². The topological polar surface area (TPSA) is 99.9 Å². The lowest BCUT2D eigenvalue weighted by Crippen LogP contribution is -2.54. The van der Waals surface area contributed by atoms with E-state index in [1.807, 2.05) is 0 Å². The van der Waals surface area contributed by atoms with Gasteiger partial charge >= 0.3 is 5.97 Å². The fourth-order valence-corrected chi connectivity index (χ4v) is 3.55. The summed E-state index contributed by atoms with van der Waals surface area (Å²) in [5.74, 6) is -3.02. The lowest BCUT2D eigenvalue weighted by Gasteiger charge is -2.28. The largest absolute Gasteiger partial charge is 0.478 e. The fourth-order valence-electron chi connectivity index (χ4n) is 3.08. The number of thiocarbonyl (C=S) groups is 1. The van der Waals surface area contributed by atoms with Gasteiger partial charge in [-0.1, -0.05) is 23.7 Å². The van der Waals surface area contributed by atoms with E-state index in [9.17, 15) is 23.9 Å². The van der Waals surface area contributed by atoms with Crippen LogP contribution >= 0.6 is 23.8 Å². The van der Waals surface area contributed by atoms with Gasteiger partial charge < -0.3 is 9.52 Å². The van der Waals surface area contributed by atoms with Crippen LogP contribution in [-0.2, 0) is 9.59 Å². The minimum atomic E-state index is -1.19. The van der Waals surface area contributed by atoms with Crippen molar-refractivity contribution in [3.05, 3.63) is 82.3 Å². The number of carboxylic acid groups (broad SMARTS) is 1. The second-order valence-corrected chi connectivity index (χ2v) is 7.40. The molecule has 1 aliphatic heterocycles. The Bertz CT molecular complexity index is 1330. The van der Waals surface area contributed by atoms with Crippen LogP contribution < -0.4 is 10.2 Å². The lowest BCUT2D eigenvalue weighted by atomic mass is 10.1. The van der Waals surface area contributed by atoms with Gasteiger partial charge in [0.05, 0.1) is 16.3 Å². The molecule has 2 amide bonds. The van der Waals surface area contributed by atoms with E-state index in [-0.39, 0.29) is 32.7 Å². The van der Waals surface area contributed by atoms with Crippen molar-refractivity contribution in [2.45, 2.75) is 0 Å². The van der Waals surface area contributed by atoms with Crippen molar-refractivity contribution in [1.29, 1.82) is 0 Å². The van der Waals surface area contributed by atoms with E-state index in [0.717, 1.165) is 4.90 Å². The number of rotatable bonds is 4. The molecule has 0 bridgehead atoms. The number of aromatic carboxylic acids is 1. The van der Waals surface area contributed by atoms with E-state index < -0.39 is 23.6 Å². The Hall–Kier alpha value is -3.82. The van der Waals surface area contributed by atoms with Crippen LogP contribution in [0.15, 0.2) is 64.6 Å². The first-order valence-corrected chi connectivity index (χ1v) is 9.84. The first kappa shape index (κ1) is 21.4. The highest BCUT2D eigenvalue weighted by molar-refractivity contribution is 7.80. The van der Waals surface area contributed by atoms with Crippen molar-refractivity contribution in [3.63, 3.8) is 0 Å². The van der Waals surface area contributed by atoms with Crippen LogP contribution in [-0.4, -0.2) is 28.0 Å². The summed E-state index contributed by atoms with van der Waals surface area (Å²) in [5.41, 5.74) is -0.0811. The molecule has 0 unspecified atom stereocenters. The highest BCUT2D eigenvalue weighted by atomic mass is 35.5. The molecule has 0 aliphatic carbocycles. The van der Waals surface area contributed by atoms with E-state index in [1.165, 1.54) is 48.5 Å². The van der Waals surface area contributed by atoms with Gasteiger partial charge in [0, 0.05) is 5.56 Å². The number of furan rings is 1. The molecule has 7 nitrogen and oxygen atoms in total. The zero-order chi connectivity index (χ0) is 23.0. The maximum absolute atomic E-state index is 14.2. The minimum Gasteiger partial charge on any atom is -0.478 e. The molecule has 2 heterocycles. The van der Waals surface area contributed by atoms with Crippen molar-refractivity contribution in [2.75, 3.05) is 4.90 Å². The van der Waals surface area contributed by atoms with Crippen molar-refractivity contribution < 1.29 is 28.3 Å². The molecule has 4 rings (SSSR count). The molecule has 0 radical (unpaired) electrons. The number of carbonyl (C=O) groups is 3. The van der Waals surface area contributed by atoms with Crippen LogP contribution in [0.3, 0.4) is 0 Å². The Labute approximate surface area is 190 Å². The Morgan fingerprint density at radius 3 is 2.62 bits per heavy atom. The molecule has 1 fully saturated rings. The monoisotopic (exact) mass is 470 g/mol. The van der Waals surface area contributed by atoms with E-state index in [0.29, 0.717) is 11.3 Å². The smallest absolute Gasteiger partial charge is 0.337 e. The first-order valence-electron chi connectivity index (χ1n) is 9.05. The third-order valence-electron chi connectivity index (χ3n) is 4.59. The van der Waals surface area contributed by atoms with Crippen molar-refractivity contribution in [3.8, 4) is 11.3 Å². The standard InChI is InChI=1S/C22H12ClFN2O5S/c23-15-7-5-11(9-13(15)21(29)30)18-8-6-12(31-18)10-14-19(27)25-22(32)26(20(14)28)17-4-2-1-3-16(17)24/h1-10H,(H,29,30)(H,25,27,32)/b14-10-. The Morgan fingerprint density at radius 2 is 1.91 bits per heavy atom. The molecule has 10 heteroatoms.